The van der Waals surface area contributed by atoms with E-state index in [4.69, 9.17) is 14.2 Å². The smallest absolute Gasteiger partial charge is 0.293 e. The van der Waals surface area contributed by atoms with Gasteiger partial charge in [-0.2, -0.15) is 0 Å². The molecule has 2 atom stereocenters. The number of nitrogens with one attached hydrogen (secondary N) is 2. The molecule has 5 aliphatic rings. The molecular weight excluding hydrogens is 971 g/mol. The van der Waals surface area contributed by atoms with Crippen molar-refractivity contribution in [2.75, 3.05) is 89.0 Å². The Bertz CT molecular complexity index is 3150. The number of amides is 1. The van der Waals surface area contributed by atoms with Gasteiger partial charge in [0.15, 0.2) is 0 Å². The van der Waals surface area contributed by atoms with Gasteiger partial charge in [0.25, 0.3) is 21.6 Å². The number of nitro groups is 1. The lowest BCUT2D eigenvalue weighted by Crippen LogP contribution is -2.60. The lowest BCUT2D eigenvalue weighted by atomic mass is 9.59. The highest BCUT2D eigenvalue weighted by molar-refractivity contribution is 7.90. The van der Waals surface area contributed by atoms with Gasteiger partial charge in [-0.25, -0.2) is 18.1 Å². The van der Waals surface area contributed by atoms with Gasteiger partial charge in [0.1, 0.15) is 28.6 Å². The molecule has 2 N–H and O–H groups in total. The van der Waals surface area contributed by atoms with Gasteiger partial charge in [0.05, 0.1) is 41.9 Å². The number of rotatable bonds is 15. The number of aromatic amines is 1. The van der Waals surface area contributed by atoms with E-state index < -0.39 is 20.9 Å². The summed E-state index contributed by atoms with van der Waals surface area (Å²) in [4.78, 5) is 45.3. The molecule has 2 unspecified atom stereocenters. The normalized spacial score (nSPS) is 20.9. The second-order valence-corrected chi connectivity index (χ2v) is 23.1. The first-order valence-electron chi connectivity index (χ1n) is 26.4. The number of piperidine rings is 1. The van der Waals surface area contributed by atoms with Crippen LogP contribution in [-0.4, -0.2) is 135 Å². The molecule has 394 valence electrons. The molecule has 75 heavy (non-hydrogen) atoms. The van der Waals surface area contributed by atoms with E-state index in [1.807, 2.05) is 29.2 Å². The average Bonchev–Trinajstić information content (AvgIpc) is 4.11. The number of hydrogen-bond acceptors (Lipinski definition) is 14. The summed E-state index contributed by atoms with van der Waals surface area (Å²) in [5.41, 5.74) is 5.90. The number of hydrogen-bond donors (Lipinski definition) is 2. The number of nitro benzene ring substituents is 1. The molecule has 1 amide bonds. The first-order chi connectivity index (χ1) is 36.3. The Labute approximate surface area is 438 Å². The topological polar surface area (TPSA) is 179 Å². The maximum atomic E-state index is 14.2. The van der Waals surface area contributed by atoms with Crippen molar-refractivity contribution in [3.8, 4) is 17.2 Å². The van der Waals surface area contributed by atoms with Crippen molar-refractivity contribution >= 4 is 44.0 Å². The summed E-state index contributed by atoms with van der Waals surface area (Å²) in [6.07, 6.45) is 8.50. The number of piperazine rings is 1. The Morgan fingerprint density at radius 3 is 2.43 bits per heavy atom. The SMILES string of the molecule is COc1ccc(CN2CCN(C3CC4(CCN(c5ccc(C(=O)NS(=O)(=O)c6ccc(N7CCC(N8CCOCC8)C7)c([N+](=O)[O-])c6)c(Oc6cnc7[nH]ccc7c6)c5)CC4)C3)C(c3ccccc3C(C)C)C2)cc1. The number of H-pyrrole nitrogens is 1. The van der Waals surface area contributed by atoms with E-state index in [1.165, 1.54) is 28.8 Å². The fourth-order valence-corrected chi connectivity index (χ4v) is 13.5. The number of ether oxygens (including phenoxy) is 3. The fourth-order valence-electron chi connectivity index (χ4n) is 12.5. The lowest BCUT2D eigenvalue weighted by molar-refractivity contribution is -0.384. The maximum Gasteiger partial charge on any atom is 0.293 e. The van der Waals surface area contributed by atoms with Crippen molar-refractivity contribution in [2.24, 2.45) is 5.41 Å². The van der Waals surface area contributed by atoms with E-state index in [1.54, 1.807) is 37.7 Å². The van der Waals surface area contributed by atoms with Gasteiger partial charge in [-0.15, -0.1) is 0 Å². The number of fused-ring (bicyclic) bond motifs is 1. The maximum absolute atomic E-state index is 14.2. The van der Waals surface area contributed by atoms with Crippen LogP contribution >= 0.6 is 0 Å². The molecule has 2 aromatic heterocycles. The Morgan fingerprint density at radius 2 is 1.67 bits per heavy atom. The molecule has 4 aliphatic heterocycles. The molecule has 18 heteroatoms. The van der Waals surface area contributed by atoms with Crippen LogP contribution in [-0.2, 0) is 21.3 Å². The predicted octanol–water partition coefficient (Wildman–Crippen LogP) is 8.73. The number of nitrogens with zero attached hydrogens (tertiary/aromatic N) is 7. The fraction of sp³-hybridized carbons (Fsp3) is 0.439. The van der Waals surface area contributed by atoms with Crippen LogP contribution < -0.4 is 24.0 Å². The quantitative estimate of drug-likeness (QED) is 0.0737. The summed E-state index contributed by atoms with van der Waals surface area (Å²) in [5.74, 6) is 0.888. The number of methoxy groups -OCH3 is 1. The van der Waals surface area contributed by atoms with Gasteiger partial charge in [0, 0.05) is 113 Å². The van der Waals surface area contributed by atoms with Gasteiger partial charge >= 0.3 is 0 Å². The van der Waals surface area contributed by atoms with Crippen molar-refractivity contribution in [3.63, 3.8) is 0 Å². The molecule has 4 saturated heterocycles. The molecule has 4 aromatic carbocycles. The third-order valence-electron chi connectivity index (χ3n) is 16.6. The highest BCUT2D eigenvalue weighted by Crippen LogP contribution is 2.53. The Balaban J connectivity index is 0.785. The molecule has 1 saturated carbocycles. The molecule has 6 aromatic rings. The van der Waals surface area contributed by atoms with Crippen LogP contribution in [0.15, 0.2) is 114 Å². The average molecular weight is 1040 g/mol. The Hall–Kier alpha value is -6.57. The molecule has 1 aliphatic carbocycles. The van der Waals surface area contributed by atoms with E-state index in [0.717, 1.165) is 107 Å². The van der Waals surface area contributed by atoms with E-state index in [-0.39, 0.29) is 33.4 Å². The number of morpholine rings is 1. The lowest BCUT2D eigenvalue weighted by Gasteiger charge is -2.58. The first kappa shape index (κ1) is 50.6. The Morgan fingerprint density at radius 1 is 0.880 bits per heavy atom. The molecule has 17 nitrogen and oxygen atoms in total. The van der Waals surface area contributed by atoms with E-state index in [2.05, 4.69) is 84.5 Å². The standard InChI is InChI=1S/C57H67N9O8S/c1-39(2)48-6-4-5-7-49(48)53-38-61(36-40-8-11-45(72-3)12-9-40)24-25-65(53)44-33-57(34-44)18-22-62(23-19-57)42-10-14-50(54(31-42)74-46-30-41-16-20-58-55(41)59-35-46)56(67)60-75(70,71)47-13-15-51(52(32-47)66(68)69)64-21-17-43(37-64)63-26-28-73-29-27-63/h4-16,20,30-32,35,39,43-44,53H,17-19,21-29,33-34,36-38H2,1-3H3,(H,58,59)(H,60,67). The first-order valence-corrected chi connectivity index (χ1v) is 27.9. The summed E-state index contributed by atoms with van der Waals surface area (Å²) in [6.45, 7) is 14.2. The highest BCUT2D eigenvalue weighted by Gasteiger charge is 2.50. The van der Waals surface area contributed by atoms with E-state index in [0.29, 0.717) is 61.4 Å². The van der Waals surface area contributed by atoms with Crippen LogP contribution in [0.3, 0.4) is 0 Å². The second-order valence-electron chi connectivity index (χ2n) is 21.4. The second kappa shape index (κ2) is 21.2. The minimum atomic E-state index is -4.58. The largest absolute Gasteiger partial charge is 0.497 e. The van der Waals surface area contributed by atoms with Crippen LogP contribution in [0.1, 0.15) is 85.0 Å². The monoisotopic (exact) mass is 1040 g/mol. The van der Waals surface area contributed by atoms with Gasteiger partial charge in [-0.05, 0) is 109 Å². The number of aromatic nitrogens is 2. The summed E-state index contributed by atoms with van der Waals surface area (Å²) in [6, 6.07) is 31.2. The van der Waals surface area contributed by atoms with E-state index in [9.17, 15) is 23.3 Å². The van der Waals surface area contributed by atoms with Gasteiger partial charge in [-0.3, -0.25) is 29.6 Å². The number of carbonyl (C=O) groups excluding carboxylic acids is 1. The number of pyridine rings is 1. The number of sulfonamides is 1. The van der Waals surface area contributed by atoms with Crippen molar-refractivity contribution in [1.29, 1.82) is 0 Å². The van der Waals surface area contributed by atoms with Crippen LogP contribution in [0.2, 0.25) is 0 Å². The van der Waals surface area contributed by atoms with Crippen LogP contribution in [0.25, 0.3) is 11.0 Å². The number of benzene rings is 4. The molecule has 5 fully saturated rings. The van der Waals surface area contributed by atoms with Crippen LogP contribution in [0.4, 0.5) is 17.1 Å². The molecule has 11 rings (SSSR count). The van der Waals surface area contributed by atoms with Crippen molar-refractivity contribution in [3.05, 3.63) is 142 Å². The molecular formula is C57H67N9O8S. The zero-order chi connectivity index (χ0) is 51.8. The number of carbonyl (C=O) groups is 1. The zero-order valence-corrected chi connectivity index (χ0v) is 43.8. The minimum Gasteiger partial charge on any atom is -0.497 e. The molecule has 0 radical (unpaired) electrons. The summed E-state index contributed by atoms with van der Waals surface area (Å²) in [5, 5.41) is 13.3. The summed E-state index contributed by atoms with van der Waals surface area (Å²) < 4.78 is 47.5. The van der Waals surface area contributed by atoms with Crippen molar-refractivity contribution in [1.82, 2.24) is 29.4 Å². The highest BCUT2D eigenvalue weighted by atomic mass is 32.2. The third kappa shape index (κ3) is 10.7. The molecule has 0 bridgehead atoms. The number of anilines is 2. The van der Waals surface area contributed by atoms with Gasteiger partial charge in [0.2, 0.25) is 0 Å². The van der Waals surface area contributed by atoms with Crippen molar-refractivity contribution < 1.29 is 32.3 Å². The van der Waals surface area contributed by atoms with Crippen molar-refractivity contribution in [2.45, 2.75) is 81.4 Å². The minimum absolute atomic E-state index is 0.0122. The van der Waals surface area contributed by atoms with Crippen LogP contribution in [0.5, 0.6) is 17.2 Å². The predicted molar refractivity (Wildman–Crippen MR) is 289 cm³/mol. The summed E-state index contributed by atoms with van der Waals surface area (Å²) >= 11 is 0. The van der Waals surface area contributed by atoms with Gasteiger partial charge in [-0.1, -0.05) is 50.2 Å². The van der Waals surface area contributed by atoms with E-state index >= 15 is 0 Å². The Kier molecular flexibility index (Phi) is 14.3. The zero-order valence-electron chi connectivity index (χ0n) is 43.0. The van der Waals surface area contributed by atoms with Gasteiger partial charge < -0.3 is 29.0 Å². The molecule has 1 spiro atoms. The third-order valence-corrected chi connectivity index (χ3v) is 17.9. The summed E-state index contributed by atoms with van der Waals surface area (Å²) in [7, 11) is -2.87. The molecule has 6 heterocycles. The van der Waals surface area contributed by atoms with Crippen LogP contribution in [0, 0.1) is 15.5 Å².